The van der Waals surface area contributed by atoms with Gasteiger partial charge in [-0.05, 0) is 48.7 Å². The van der Waals surface area contributed by atoms with Gasteiger partial charge in [-0.3, -0.25) is 14.3 Å². The van der Waals surface area contributed by atoms with E-state index in [0.29, 0.717) is 31.0 Å². The van der Waals surface area contributed by atoms with Gasteiger partial charge in [0.05, 0.1) is 11.6 Å². The number of amides is 2. The van der Waals surface area contributed by atoms with Crippen molar-refractivity contribution in [3.63, 3.8) is 0 Å². The number of benzene rings is 2. The Hall–Kier alpha value is -3.87. The molecule has 1 aromatic heterocycles. The Labute approximate surface area is 187 Å². The number of hydrogen-bond donors (Lipinski definition) is 1. The third kappa shape index (κ3) is 4.72. The van der Waals surface area contributed by atoms with Crippen LogP contribution in [0, 0.1) is 0 Å². The maximum atomic E-state index is 12.1. The molecule has 1 aliphatic rings. The predicted octanol–water partition coefficient (Wildman–Crippen LogP) is 3.58. The molecule has 2 heterocycles. The zero-order chi connectivity index (χ0) is 22.5. The highest BCUT2D eigenvalue weighted by Crippen LogP contribution is 2.28. The van der Waals surface area contributed by atoms with Crippen LogP contribution in [0.4, 0.5) is 0 Å². The summed E-state index contributed by atoms with van der Waals surface area (Å²) in [5.41, 5.74) is 8.39. The molecule has 0 bridgehead atoms. The van der Waals surface area contributed by atoms with Gasteiger partial charge in [0.15, 0.2) is 0 Å². The molecule has 1 aliphatic heterocycles. The number of rotatable bonds is 7. The number of carbonyl (C=O) groups excluding carboxylic acids is 2. The maximum Gasteiger partial charge on any atom is 0.252 e. The van der Waals surface area contributed by atoms with Crippen molar-refractivity contribution >= 4 is 11.8 Å². The quantitative estimate of drug-likeness (QED) is 0.580. The van der Waals surface area contributed by atoms with Crippen molar-refractivity contribution < 1.29 is 14.3 Å². The van der Waals surface area contributed by atoms with Crippen molar-refractivity contribution in [3.8, 4) is 17.0 Å². The summed E-state index contributed by atoms with van der Waals surface area (Å²) < 4.78 is 7.60. The lowest BCUT2D eigenvalue weighted by Crippen LogP contribution is -2.40. The number of carbonyl (C=O) groups is 2. The van der Waals surface area contributed by atoms with Gasteiger partial charge in [0, 0.05) is 24.8 Å². The summed E-state index contributed by atoms with van der Waals surface area (Å²) in [5, 5.41) is 4.68. The first-order valence-electron chi connectivity index (χ1n) is 10.6. The lowest BCUT2D eigenvalue weighted by atomic mass is 10.1. The second-order valence-electron chi connectivity index (χ2n) is 7.82. The molecule has 1 atom stereocenters. The monoisotopic (exact) mass is 430 g/mol. The summed E-state index contributed by atoms with van der Waals surface area (Å²) in [5.74, 6) is 0.0947. The highest BCUT2D eigenvalue weighted by Gasteiger charge is 2.26. The molecule has 32 heavy (non-hydrogen) atoms. The summed E-state index contributed by atoms with van der Waals surface area (Å²) in [7, 11) is 0. The van der Waals surface area contributed by atoms with Crippen LogP contribution in [0.1, 0.15) is 34.8 Å². The summed E-state index contributed by atoms with van der Waals surface area (Å²) in [6, 6.07) is 17.4. The van der Waals surface area contributed by atoms with Gasteiger partial charge in [-0.15, -0.1) is 0 Å². The van der Waals surface area contributed by atoms with Gasteiger partial charge < -0.3 is 15.4 Å². The second-order valence-corrected chi connectivity index (χ2v) is 7.82. The number of hydrogen-bond acceptors (Lipinski definition) is 4. The van der Waals surface area contributed by atoms with Crippen molar-refractivity contribution in [1.29, 1.82) is 0 Å². The minimum atomic E-state index is -0.537. The number of primary amides is 1. The Kier molecular flexibility index (Phi) is 6.35. The molecule has 2 N–H and O–H groups in total. The standard InChI is InChI=1S/C25H26N4O3/c1-2-23(30)28-14-6-9-20(15-28)29-16-22(25(26)31)24(27-29)19-10-12-21(13-11-19)32-17-18-7-4-3-5-8-18/h2-5,7-8,10-13,16,20H,1,6,9,14-15,17H2,(H2,26,31). The van der Waals surface area contributed by atoms with E-state index < -0.39 is 5.91 Å². The van der Waals surface area contributed by atoms with Gasteiger partial charge in [0.25, 0.3) is 5.91 Å². The Bertz CT molecular complexity index is 1110. The number of aromatic nitrogens is 2. The number of nitrogens with zero attached hydrogens (tertiary/aromatic N) is 3. The average Bonchev–Trinajstić information content (AvgIpc) is 3.29. The fourth-order valence-corrected chi connectivity index (χ4v) is 3.92. The molecule has 2 amide bonds. The van der Waals surface area contributed by atoms with Gasteiger partial charge in [0.2, 0.25) is 5.91 Å². The average molecular weight is 431 g/mol. The molecule has 0 aliphatic carbocycles. The number of nitrogens with two attached hydrogens (primary N) is 1. The third-order valence-electron chi connectivity index (χ3n) is 5.63. The van der Waals surface area contributed by atoms with Crippen molar-refractivity contribution in [1.82, 2.24) is 14.7 Å². The molecular formula is C25H26N4O3. The topological polar surface area (TPSA) is 90.5 Å². The molecule has 1 fully saturated rings. The SMILES string of the molecule is C=CC(=O)N1CCCC(n2cc(C(N)=O)c(-c3ccc(OCc4ccccc4)cc3)n2)C1. The fraction of sp³-hybridized carbons (Fsp3) is 0.240. The summed E-state index contributed by atoms with van der Waals surface area (Å²) in [4.78, 5) is 25.9. The molecule has 4 rings (SSSR count). The summed E-state index contributed by atoms with van der Waals surface area (Å²) >= 11 is 0. The first-order chi connectivity index (χ1) is 15.5. The van der Waals surface area contributed by atoms with Crippen LogP contribution in [0.2, 0.25) is 0 Å². The van der Waals surface area contributed by atoms with Crippen LogP contribution in [-0.4, -0.2) is 39.6 Å². The van der Waals surface area contributed by atoms with Crippen molar-refractivity contribution in [2.24, 2.45) is 5.73 Å². The maximum absolute atomic E-state index is 12.1. The van der Waals surface area contributed by atoms with E-state index in [1.807, 2.05) is 54.6 Å². The van der Waals surface area contributed by atoms with Crippen LogP contribution in [-0.2, 0) is 11.4 Å². The van der Waals surface area contributed by atoms with Crippen molar-refractivity contribution in [2.45, 2.75) is 25.5 Å². The molecule has 3 aromatic rings. The lowest BCUT2D eigenvalue weighted by molar-refractivity contribution is -0.127. The zero-order valence-corrected chi connectivity index (χ0v) is 17.8. The van der Waals surface area contributed by atoms with Crippen LogP contribution in [0.15, 0.2) is 73.4 Å². The predicted molar refractivity (Wildman–Crippen MR) is 122 cm³/mol. The molecular weight excluding hydrogens is 404 g/mol. The first kappa shape index (κ1) is 21.4. The number of piperidine rings is 1. The highest BCUT2D eigenvalue weighted by molar-refractivity contribution is 5.98. The van der Waals surface area contributed by atoms with E-state index >= 15 is 0 Å². The third-order valence-corrected chi connectivity index (χ3v) is 5.63. The Balaban J connectivity index is 1.53. The molecule has 1 unspecified atom stereocenters. The Morgan fingerprint density at radius 1 is 1.16 bits per heavy atom. The zero-order valence-electron chi connectivity index (χ0n) is 17.8. The van der Waals surface area contributed by atoms with E-state index in [9.17, 15) is 9.59 Å². The molecule has 7 nitrogen and oxygen atoms in total. The van der Waals surface area contributed by atoms with Crippen molar-refractivity contribution in [3.05, 3.63) is 84.6 Å². The second kappa shape index (κ2) is 9.51. The van der Waals surface area contributed by atoms with Crippen LogP contribution >= 0.6 is 0 Å². The minimum absolute atomic E-state index is 0.0204. The van der Waals surface area contributed by atoms with E-state index in [4.69, 9.17) is 10.5 Å². The largest absolute Gasteiger partial charge is 0.489 e. The molecule has 0 saturated carbocycles. The van der Waals surface area contributed by atoms with Gasteiger partial charge in [0.1, 0.15) is 18.1 Å². The first-order valence-corrected chi connectivity index (χ1v) is 10.6. The van der Waals surface area contributed by atoms with E-state index in [-0.39, 0.29) is 11.9 Å². The van der Waals surface area contributed by atoms with Gasteiger partial charge in [-0.2, -0.15) is 5.10 Å². The van der Waals surface area contributed by atoms with Crippen LogP contribution < -0.4 is 10.5 Å². The van der Waals surface area contributed by atoms with Gasteiger partial charge in [-0.25, -0.2) is 0 Å². The van der Waals surface area contributed by atoms with Crippen LogP contribution in [0.25, 0.3) is 11.3 Å². The number of likely N-dealkylation sites (tertiary alicyclic amines) is 1. The van der Waals surface area contributed by atoms with Crippen LogP contribution in [0.5, 0.6) is 5.75 Å². The summed E-state index contributed by atoms with van der Waals surface area (Å²) in [6.45, 7) is 5.26. The van der Waals surface area contributed by atoms with E-state index in [1.165, 1.54) is 6.08 Å². The van der Waals surface area contributed by atoms with E-state index in [0.717, 1.165) is 29.7 Å². The molecule has 0 spiro atoms. The number of ether oxygens (including phenoxy) is 1. The minimum Gasteiger partial charge on any atom is -0.489 e. The van der Waals surface area contributed by atoms with Gasteiger partial charge in [-0.1, -0.05) is 36.9 Å². The highest BCUT2D eigenvalue weighted by atomic mass is 16.5. The molecule has 0 radical (unpaired) electrons. The molecule has 164 valence electrons. The molecule has 7 heteroatoms. The normalized spacial score (nSPS) is 15.9. The van der Waals surface area contributed by atoms with Crippen LogP contribution in [0.3, 0.4) is 0 Å². The van der Waals surface area contributed by atoms with E-state index in [1.54, 1.807) is 15.8 Å². The fourth-order valence-electron chi connectivity index (χ4n) is 3.92. The molecule has 2 aromatic carbocycles. The Morgan fingerprint density at radius 3 is 2.59 bits per heavy atom. The lowest BCUT2D eigenvalue weighted by Gasteiger charge is -2.32. The molecule has 1 saturated heterocycles. The smallest absolute Gasteiger partial charge is 0.252 e. The Morgan fingerprint density at radius 2 is 1.91 bits per heavy atom. The van der Waals surface area contributed by atoms with Gasteiger partial charge >= 0.3 is 0 Å². The van der Waals surface area contributed by atoms with E-state index in [2.05, 4.69) is 11.7 Å². The van der Waals surface area contributed by atoms with Crippen molar-refractivity contribution in [2.75, 3.05) is 13.1 Å². The summed E-state index contributed by atoms with van der Waals surface area (Å²) in [6.07, 6.45) is 4.74.